The Labute approximate surface area is 83.5 Å². The van der Waals surface area contributed by atoms with Crippen LogP contribution in [-0.4, -0.2) is 16.5 Å². The van der Waals surface area contributed by atoms with Crippen LogP contribution in [0.15, 0.2) is 35.5 Å². The number of hydrogen-bond donors (Lipinski definition) is 0. The summed E-state index contributed by atoms with van der Waals surface area (Å²) in [7, 11) is 0. The van der Waals surface area contributed by atoms with E-state index in [4.69, 9.17) is 0 Å². The van der Waals surface area contributed by atoms with Crippen LogP contribution in [0.4, 0.5) is 0 Å². The monoisotopic (exact) mass is 239 g/mol. The van der Waals surface area contributed by atoms with Crippen molar-refractivity contribution < 1.29 is 9.63 Å². The first-order valence-electron chi connectivity index (χ1n) is 3.77. The lowest BCUT2D eigenvalue weighted by atomic mass is 10.1. The fraction of sp³-hybridized carbons (Fsp3) is 0.111. The summed E-state index contributed by atoms with van der Waals surface area (Å²) in [6.07, 6.45) is 0. The predicted octanol–water partition coefficient (Wildman–Crippen LogP) is 1.71. The molecular weight excluding hydrogens is 234 g/mol. The molecule has 3 nitrogen and oxygen atoms in total. The molecule has 0 aromatic heterocycles. The predicted molar refractivity (Wildman–Crippen MR) is 51.8 cm³/mol. The van der Waals surface area contributed by atoms with Gasteiger partial charge in [-0.1, -0.05) is 51.4 Å². The smallest absolute Gasteiger partial charge is 0.316 e. The van der Waals surface area contributed by atoms with E-state index in [1.54, 1.807) is 0 Å². The van der Waals surface area contributed by atoms with Gasteiger partial charge in [-0.05, 0) is 0 Å². The second-order valence-corrected chi connectivity index (χ2v) is 3.53. The van der Waals surface area contributed by atoms with Gasteiger partial charge < -0.3 is 4.84 Å². The van der Waals surface area contributed by atoms with Crippen molar-refractivity contribution in [2.24, 2.45) is 5.16 Å². The van der Waals surface area contributed by atoms with E-state index in [1.807, 2.05) is 30.3 Å². The number of alkyl halides is 1. The highest BCUT2D eigenvalue weighted by molar-refractivity contribution is 9.10. The number of oxime groups is 1. The van der Waals surface area contributed by atoms with Gasteiger partial charge in [0.2, 0.25) is 0 Å². The normalized spacial score (nSPS) is 21.2. The van der Waals surface area contributed by atoms with Crippen molar-refractivity contribution in [3.05, 3.63) is 35.9 Å². The fourth-order valence-corrected chi connectivity index (χ4v) is 1.54. The Morgan fingerprint density at radius 2 is 2.00 bits per heavy atom. The van der Waals surface area contributed by atoms with Crippen molar-refractivity contribution in [1.29, 1.82) is 0 Å². The molecule has 1 aromatic carbocycles. The summed E-state index contributed by atoms with van der Waals surface area (Å²) in [6, 6.07) is 9.45. The number of halogens is 1. The Kier molecular flexibility index (Phi) is 2.14. The van der Waals surface area contributed by atoms with Crippen LogP contribution in [-0.2, 0) is 9.63 Å². The van der Waals surface area contributed by atoms with Crippen molar-refractivity contribution >= 4 is 27.6 Å². The van der Waals surface area contributed by atoms with Crippen molar-refractivity contribution in [3.63, 3.8) is 0 Å². The third kappa shape index (κ3) is 1.49. The minimum Gasteiger partial charge on any atom is -0.316 e. The lowest BCUT2D eigenvalue weighted by molar-refractivity contribution is -0.139. The molecule has 1 heterocycles. The number of rotatable bonds is 1. The molecule has 1 atom stereocenters. The van der Waals surface area contributed by atoms with Gasteiger partial charge >= 0.3 is 5.97 Å². The van der Waals surface area contributed by atoms with Gasteiger partial charge in [0, 0.05) is 5.56 Å². The van der Waals surface area contributed by atoms with Gasteiger partial charge in [0.15, 0.2) is 4.83 Å². The second-order valence-electron chi connectivity index (χ2n) is 2.62. The Morgan fingerprint density at radius 1 is 1.31 bits per heavy atom. The summed E-state index contributed by atoms with van der Waals surface area (Å²) in [6.45, 7) is 0. The highest BCUT2D eigenvalue weighted by atomic mass is 79.9. The molecular formula is C9H6BrNO2. The zero-order chi connectivity index (χ0) is 9.26. The lowest BCUT2D eigenvalue weighted by Gasteiger charge is -1.99. The van der Waals surface area contributed by atoms with Crippen LogP contribution in [0.25, 0.3) is 0 Å². The topological polar surface area (TPSA) is 38.7 Å². The molecule has 0 spiro atoms. The van der Waals surface area contributed by atoms with Gasteiger partial charge in [0.1, 0.15) is 5.71 Å². The third-order valence-corrected chi connectivity index (χ3v) is 2.56. The van der Waals surface area contributed by atoms with Crippen LogP contribution in [0.3, 0.4) is 0 Å². The molecule has 0 saturated carbocycles. The average molecular weight is 240 g/mol. The van der Waals surface area contributed by atoms with Crippen molar-refractivity contribution in [3.8, 4) is 0 Å². The van der Waals surface area contributed by atoms with E-state index in [9.17, 15) is 4.79 Å². The first-order chi connectivity index (χ1) is 6.29. The maximum Gasteiger partial charge on any atom is 0.354 e. The zero-order valence-corrected chi connectivity index (χ0v) is 8.19. The lowest BCUT2D eigenvalue weighted by Crippen LogP contribution is -2.18. The molecule has 2 rings (SSSR count). The molecule has 0 aliphatic carbocycles. The van der Waals surface area contributed by atoms with E-state index in [0.717, 1.165) is 5.56 Å². The standard InChI is InChI=1S/C9H6BrNO2/c10-7-8(11-13-9(7)12)6-4-2-1-3-5-6/h1-5,7H. The minimum atomic E-state index is -0.435. The summed E-state index contributed by atoms with van der Waals surface area (Å²) in [5.74, 6) is -0.362. The quantitative estimate of drug-likeness (QED) is 0.553. The summed E-state index contributed by atoms with van der Waals surface area (Å²) in [5.41, 5.74) is 1.53. The number of hydrogen-bond acceptors (Lipinski definition) is 3. The molecule has 1 aromatic rings. The third-order valence-electron chi connectivity index (χ3n) is 1.75. The number of benzene rings is 1. The van der Waals surface area contributed by atoms with Crippen LogP contribution in [0.1, 0.15) is 5.56 Å². The summed E-state index contributed by atoms with van der Waals surface area (Å²) in [4.78, 5) is 15.1. The maximum absolute atomic E-state index is 11.0. The SMILES string of the molecule is O=C1ON=C(c2ccccc2)C1Br. The largest absolute Gasteiger partial charge is 0.354 e. The van der Waals surface area contributed by atoms with Crippen LogP contribution < -0.4 is 0 Å². The molecule has 1 unspecified atom stereocenters. The van der Waals surface area contributed by atoms with Gasteiger partial charge in [-0.25, -0.2) is 4.79 Å². The Hall–Kier alpha value is -1.16. The van der Waals surface area contributed by atoms with E-state index in [2.05, 4.69) is 25.9 Å². The average Bonchev–Trinajstić information content (AvgIpc) is 2.49. The van der Waals surface area contributed by atoms with Crippen LogP contribution >= 0.6 is 15.9 Å². The van der Waals surface area contributed by atoms with E-state index < -0.39 is 4.83 Å². The van der Waals surface area contributed by atoms with Gasteiger partial charge in [-0.3, -0.25) is 0 Å². The van der Waals surface area contributed by atoms with Gasteiger partial charge in [-0.15, -0.1) is 0 Å². The summed E-state index contributed by atoms with van der Waals surface area (Å²) >= 11 is 3.20. The molecule has 0 N–H and O–H groups in total. The molecule has 4 heteroatoms. The molecule has 13 heavy (non-hydrogen) atoms. The van der Waals surface area contributed by atoms with E-state index in [1.165, 1.54) is 0 Å². The molecule has 0 amide bonds. The van der Waals surface area contributed by atoms with Gasteiger partial charge in [0.05, 0.1) is 0 Å². The van der Waals surface area contributed by atoms with Crippen molar-refractivity contribution in [2.45, 2.75) is 4.83 Å². The number of carbonyl (C=O) groups is 1. The van der Waals surface area contributed by atoms with Gasteiger partial charge in [0.25, 0.3) is 0 Å². The first-order valence-corrected chi connectivity index (χ1v) is 4.69. The van der Waals surface area contributed by atoms with E-state index >= 15 is 0 Å². The molecule has 0 fully saturated rings. The second kappa shape index (κ2) is 3.30. The zero-order valence-electron chi connectivity index (χ0n) is 6.61. The molecule has 0 radical (unpaired) electrons. The Balaban J connectivity index is 2.34. The van der Waals surface area contributed by atoms with E-state index in [-0.39, 0.29) is 5.97 Å². The molecule has 0 bridgehead atoms. The summed E-state index contributed by atoms with van der Waals surface area (Å²) in [5, 5.41) is 3.69. The highest BCUT2D eigenvalue weighted by Crippen LogP contribution is 2.18. The summed E-state index contributed by atoms with van der Waals surface area (Å²) < 4.78 is 0. The maximum atomic E-state index is 11.0. The Morgan fingerprint density at radius 3 is 2.54 bits per heavy atom. The van der Waals surface area contributed by atoms with Crippen molar-refractivity contribution in [2.75, 3.05) is 0 Å². The van der Waals surface area contributed by atoms with E-state index in [0.29, 0.717) is 5.71 Å². The van der Waals surface area contributed by atoms with Crippen molar-refractivity contribution in [1.82, 2.24) is 0 Å². The Bertz CT molecular complexity index is 361. The molecule has 1 aliphatic rings. The number of carbonyl (C=O) groups excluding carboxylic acids is 1. The highest BCUT2D eigenvalue weighted by Gasteiger charge is 2.30. The minimum absolute atomic E-state index is 0.362. The van der Waals surface area contributed by atoms with Gasteiger partial charge in [-0.2, -0.15) is 0 Å². The molecule has 1 aliphatic heterocycles. The van der Waals surface area contributed by atoms with Crippen LogP contribution in [0, 0.1) is 0 Å². The molecule has 66 valence electrons. The molecule has 0 saturated heterocycles. The van der Waals surface area contributed by atoms with Crippen LogP contribution in [0.2, 0.25) is 0 Å². The number of nitrogens with zero attached hydrogens (tertiary/aromatic N) is 1. The van der Waals surface area contributed by atoms with Crippen LogP contribution in [0.5, 0.6) is 0 Å². The first kappa shape index (κ1) is 8.44. The fourth-order valence-electron chi connectivity index (χ4n) is 1.11.